The molecule has 20 heavy (non-hydrogen) atoms. The molecule has 3 rings (SSSR count). The molecule has 0 spiro atoms. The minimum atomic E-state index is -0.464. The largest absolute Gasteiger partial charge is 0.344 e. The Bertz CT molecular complexity index is 682. The van der Waals surface area contributed by atoms with Gasteiger partial charge in [0, 0.05) is 12.6 Å². The molecule has 0 saturated carbocycles. The molecule has 104 valence electrons. The van der Waals surface area contributed by atoms with Gasteiger partial charge >= 0.3 is 0 Å². The van der Waals surface area contributed by atoms with Crippen molar-refractivity contribution in [3.8, 4) is 0 Å². The first-order chi connectivity index (χ1) is 9.65. The van der Waals surface area contributed by atoms with Gasteiger partial charge in [-0.05, 0) is 40.9 Å². The summed E-state index contributed by atoms with van der Waals surface area (Å²) in [5, 5.41) is 5.51. The first-order valence-corrected chi connectivity index (χ1v) is 7.16. The van der Waals surface area contributed by atoms with E-state index >= 15 is 0 Å². The number of pyridine rings is 1. The average molecular weight is 337 g/mol. The van der Waals surface area contributed by atoms with Crippen molar-refractivity contribution in [2.75, 3.05) is 5.32 Å². The molecule has 0 aliphatic carbocycles. The van der Waals surface area contributed by atoms with Gasteiger partial charge in [-0.15, -0.1) is 0 Å². The number of imidazole rings is 1. The van der Waals surface area contributed by atoms with Crippen LogP contribution in [0.4, 0.5) is 5.82 Å². The predicted molar refractivity (Wildman–Crippen MR) is 77.3 cm³/mol. The second-order valence-electron chi connectivity index (χ2n) is 4.69. The number of nitrogens with zero attached hydrogens (tertiary/aromatic N) is 2. The zero-order chi connectivity index (χ0) is 14.1. The molecule has 6 nitrogen and oxygen atoms in total. The first kappa shape index (κ1) is 13.1. The van der Waals surface area contributed by atoms with Crippen molar-refractivity contribution in [3.05, 3.63) is 29.0 Å². The second kappa shape index (κ2) is 5.24. The van der Waals surface area contributed by atoms with Crippen LogP contribution >= 0.6 is 15.9 Å². The van der Waals surface area contributed by atoms with Crippen molar-refractivity contribution < 1.29 is 9.59 Å². The standard InChI is InChI=1S/C13H13BrN4O2/c14-8-3-2-6-18-10(7-15-12(8)18)17-13(20)9-4-1-5-11(19)16-9/h2-3,6-7,9H,1,4-5H2,(H,16,19)(H,17,20). The molecule has 0 aromatic carbocycles. The molecule has 1 unspecified atom stereocenters. The number of halogens is 1. The van der Waals surface area contributed by atoms with Crippen LogP contribution in [0, 0.1) is 0 Å². The Balaban J connectivity index is 1.81. The lowest BCUT2D eigenvalue weighted by molar-refractivity contribution is -0.128. The third-order valence-corrected chi connectivity index (χ3v) is 3.91. The fourth-order valence-corrected chi connectivity index (χ4v) is 2.73. The van der Waals surface area contributed by atoms with E-state index in [0.29, 0.717) is 18.7 Å². The summed E-state index contributed by atoms with van der Waals surface area (Å²) in [6.07, 6.45) is 5.32. The molecule has 2 aromatic heterocycles. The molecule has 1 fully saturated rings. The number of piperidine rings is 1. The Hall–Kier alpha value is -1.89. The van der Waals surface area contributed by atoms with Gasteiger partial charge in [-0.1, -0.05) is 0 Å². The maximum Gasteiger partial charge on any atom is 0.248 e. The molecule has 2 N–H and O–H groups in total. The van der Waals surface area contributed by atoms with Crippen LogP contribution in [0.2, 0.25) is 0 Å². The van der Waals surface area contributed by atoms with Crippen LogP contribution in [0.1, 0.15) is 19.3 Å². The van der Waals surface area contributed by atoms with E-state index in [1.54, 1.807) is 10.6 Å². The lowest BCUT2D eigenvalue weighted by Crippen LogP contribution is -2.46. The maximum atomic E-state index is 12.2. The molecule has 0 bridgehead atoms. The van der Waals surface area contributed by atoms with Gasteiger partial charge in [-0.3, -0.25) is 14.0 Å². The number of amides is 2. The number of carbonyl (C=O) groups excluding carboxylic acids is 2. The number of fused-ring (bicyclic) bond motifs is 1. The van der Waals surface area contributed by atoms with E-state index in [9.17, 15) is 9.59 Å². The monoisotopic (exact) mass is 336 g/mol. The number of carbonyl (C=O) groups is 2. The second-order valence-corrected chi connectivity index (χ2v) is 5.55. The van der Waals surface area contributed by atoms with Crippen LogP contribution in [-0.2, 0) is 9.59 Å². The molecule has 7 heteroatoms. The minimum absolute atomic E-state index is 0.0720. The SMILES string of the molecule is O=C1CCCC(C(=O)Nc2cnc3c(Br)cccn23)N1. The maximum absolute atomic E-state index is 12.2. The molecule has 1 aliphatic rings. The first-order valence-electron chi connectivity index (χ1n) is 6.37. The van der Waals surface area contributed by atoms with E-state index < -0.39 is 6.04 Å². The molecule has 0 radical (unpaired) electrons. The van der Waals surface area contributed by atoms with Crippen molar-refractivity contribution in [2.45, 2.75) is 25.3 Å². The van der Waals surface area contributed by atoms with Crippen LogP contribution in [0.25, 0.3) is 5.65 Å². The highest BCUT2D eigenvalue weighted by Crippen LogP contribution is 2.20. The highest BCUT2D eigenvalue weighted by Gasteiger charge is 2.25. The third kappa shape index (κ3) is 2.40. The Morgan fingerprint density at radius 1 is 1.55 bits per heavy atom. The van der Waals surface area contributed by atoms with E-state index in [1.165, 1.54) is 0 Å². The summed E-state index contributed by atoms with van der Waals surface area (Å²) in [6.45, 7) is 0. The summed E-state index contributed by atoms with van der Waals surface area (Å²) in [7, 11) is 0. The van der Waals surface area contributed by atoms with E-state index in [-0.39, 0.29) is 11.8 Å². The van der Waals surface area contributed by atoms with Crippen LogP contribution in [0.3, 0.4) is 0 Å². The molecule has 2 aromatic rings. The summed E-state index contributed by atoms with van der Waals surface area (Å²) < 4.78 is 2.64. The normalized spacial score (nSPS) is 18.9. The number of anilines is 1. The lowest BCUT2D eigenvalue weighted by Gasteiger charge is -2.22. The quantitative estimate of drug-likeness (QED) is 0.876. The van der Waals surface area contributed by atoms with Gasteiger partial charge < -0.3 is 10.6 Å². The average Bonchev–Trinajstić information content (AvgIpc) is 2.83. The summed E-state index contributed by atoms with van der Waals surface area (Å²) in [6, 6.07) is 3.28. The molecule has 2 amide bonds. The topological polar surface area (TPSA) is 75.5 Å². The van der Waals surface area contributed by atoms with Crippen molar-refractivity contribution in [1.82, 2.24) is 14.7 Å². The zero-order valence-corrected chi connectivity index (χ0v) is 12.2. The molecule has 3 heterocycles. The molecular weight excluding hydrogens is 324 g/mol. The zero-order valence-electron chi connectivity index (χ0n) is 10.6. The van der Waals surface area contributed by atoms with Crippen molar-refractivity contribution in [3.63, 3.8) is 0 Å². The smallest absolute Gasteiger partial charge is 0.248 e. The van der Waals surface area contributed by atoms with Gasteiger partial charge in [0.2, 0.25) is 11.8 Å². The number of hydrogen-bond donors (Lipinski definition) is 2. The Kier molecular flexibility index (Phi) is 3.43. The number of hydrogen-bond acceptors (Lipinski definition) is 3. The molecule has 1 atom stereocenters. The van der Waals surface area contributed by atoms with Crippen LogP contribution < -0.4 is 10.6 Å². The van der Waals surface area contributed by atoms with Crippen LogP contribution in [0.15, 0.2) is 29.0 Å². The molecule has 1 aliphatic heterocycles. The minimum Gasteiger partial charge on any atom is -0.344 e. The number of rotatable bonds is 2. The summed E-state index contributed by atoms with van der Waals surface area (Å²) >= 11 is 3.41. The van der Waals surface area contributed by atoms with Crippen molar-refractivity contribution in [1.29, 1.82) is 0 Å². The van der Waals surface area contributed by atoms with E-state index in [0.717, 1.165) is 16.5 Å². The van der Waals surface area contributed by atoms with Gasteiger partial charge in [0.1, 0.15) is 11.9 Å². The number of nitrogens with one attached hydrogen (secondary N) is 2. The third-order valence-electron chi connectivity index (χ3n) is 3.29. The van der Waals surface area contributed by atoms with Crippen molar-refractivity contribution >= 4 is 39.2 Å². The summed E-state index contributed by atoms with van der Waals surface area (Å²) in [5.74, 6) is 0.309. The molecule has 1 saturated heterocycles. The van der Waals surface area contributed by atoms with Gasteiger partial charge in [-0.2, -0.15) is 0 Å². The summed E-state index contributed by atoms with van der Waals surface area (Å²) in [4.78, 5) is 27.7. The lowest BCUT2D eigenvalue weighted by atomic mass is 10.0. The predicted octanol–water partition coefficient (Wildman–Crippen LogP) is 1.70. The van der Waals surface area contributed by atoms with Gasteiger partial charge in [0.05, 0.1) is 10.7 Å². The van der Waals surface area contributed by atoms with Gasteiger partial charge in [-0.25, -0.2) is 4.98 Å². The molecular formula is C13H13BrN4O2. The Morgan fingerprint density at radius 3 is 3.20 bits per heavy atom. The van der Waals surface area contributed by atoms with E-state index in [1.807, 2.05) is 18.3 Å². The number of aromatic nitrogens is 2. The van der Waals surface area contributed by atoms with Gasteiger partial charge in [0.15, 0.2) is 5.65 Å². The van der Waals surface area contributed by atoms with Crippen molar-refractivity contribution in [2.24, 2.45) is 0 Å². The van der Waals surface area contributed by atoms with Gasteiger partial charge in [0.25, 0.3) is 0 Å². The summed E-state index contributed by atoms with van der Waals surface area (Å²) in [5.41, 5.74) is 0.732. The van der Waals surface area contributed by atoms with E-state index in [4.69, 9.17) is 0 Å². The van der Waals surface area contributed by atoms with Crippen LogP contribution in [-0.4, -0.2) is 27.2 Å². The van der Waals surface area contributed by atoms with E-state index in [2.05, 4.69) is 31.5 Å². The highest BCUT2D eigenvalue weighted by molar-refractivity contribution is 9.10. The van der Waals surface area contributed by atoms with Crippen LogP contribution in [0.5, 0.6) is 0 Å². The fraction of sp³-hybridized carbons (Fsp3) is 0.308. The Labute approximate surface area is 123 Å². The fourth-order valence-electron chi connectivity index (χ4n) is 2.28. The highest BCUT2D eigenvalue weighted by atomic mass is 79.9. The Morgan fingerprint density at radius 2 is 2.40 bits per heavy atom.